The lowest BCUT2D eigenvalue weighted by atomic mass is 9.81. The monoisotopic (exact) mass is 705 g/mol. The van der Waals surface area contributed by atoms with Crippen molar-refractivity contribution >= 4 is 17.1 Å². The van der Waals surface area contributed by atoms with Gasteiger partial charge in [0.25, 0.3) is 0 Å². The third-order valence-electron chi connectivity index (χ3n) is 12.3. The molecule has 55 heavy (non-hydrogen) atoms. The van der Waals surface area contributed by atoms with Crippen molar-refractivity contribution in [3.05, 3.63) is 210 Å². The predicted octanol–water partition coefficient (Wildman–Crippen LogP) is 14.8. The van der Waals surface area contributed by atoms with Crippen LogP contribution in [0.2, 0.25) is 0 Å². The molecule has 1 nitrogen and oxygen atoms in total. The highest BCUT2D eigenvalue weighted by atomic mass is 15.1. The number of anilines is 3. The molecule has 0 unspecified atom stereocenters. The second-order valence-corrected chi connectivity index (χ2v) is 16.2. The van der Waals surface area contributed by atoms with E-state index in [4.69, 9.17) is 0 Å². The van der Waals surface area contributed by atoms with Crippen molar-refractivity contribution in [2.75, 3.05) is 4.90 Å². The van der Waals surface area contributed by atoms with Crippen LogP contribution in [0.1, 0.15) is 49.9 Å². The molecule has 0 atom stereocenters. The molecular weight excluding hydrogens is 663 g/mol. The smallest absolute Gasteiger partial charge is 0.0465 e. The number of hydrogen-bond donors (Lipinski definition) is 0. The van der Waals surface area contributed by atoms with Crippen LogP contribution in [0.25, 0.3) is 55.6 Å². The Morgan fingerprint density at radius 1 is 0.291 bits per heavy atom. The Kier molecular flexibility index (Phi) is 7.58. The zero-order valence-corrected chi connectivity index (χ0v) is 31.8. The maximum atomic E-state index is 2.42. The maximum Gasteiger partial charge on any atom is 0.0465 e. The summed E-state index contributed by atoms with van der Waals surface area (Å²) in [6.07, 6.45) is 0. The van der Waals surface area contributed by atoms with Crippen LogP contribution in [0.3, 0.4) is 0 Å². The van der Waals surface area contributed by atoms with Crippen molar-refractivity contribution in [3.63, 3.8) is 0 Å². The van der Waals surface area contributed by atoms with E-state index in [1.165, 1.54) is 77.9 Å². The highest BCUT2D eigenvalue weighted by Gasteiger charge is 2.38. The second-order valence-electron chi connectivity index (χ2n) is 16.2. The number of benzene rings is 8. The predicted molar refractivity (Wildman–Crippen MR) is 233 cm³/mol. The molecule has 1 heteroatoms. The molecule has 10 rings (SSSR count). The van der Waals surface area contributed by atoms with E-state index in [2.05, 4.69) is 221 Å². The van der Waals surface area contributed by atoms with Crippen molar-refractivity contribution in [2.24, 2.45) is 0 Å². The normalized spacial score (nSPS) is 14.1. The molecular formula is C54H43N. The van der Waals surface area contributed by atoms with Crippen LogP contribution >= 0.6 is 0 Å². The molecule has 2 aliphatic rings. The Hall–Kier alpha value is -6.44. The molecule has 8 aromatic carbocycles. The van der Waals surface area contributed by atoms with E-state index in [9.17, 15) is 0 Å². The topological polar surface area (TPSA) is 3.24 Å². The summed E-state index contributed by atoms with van der Waals surface area (Å²) >= 11 is 0. The van der Waals surface area contributed by atoms with Gasteiger partial charge in [-0.15, -0.1) is 0 Å². The van der Waals surface area contributed by atoms with Crippen molar-refractivity contribution < 1.29 is 0 Å². The number of rotatable bonds is 6. The first kappa shape index (κ1) is 33.2. The summed E-state index contributed by atoms with van der Waals surface area (Å²) in [5.41, 5.74) is 21.6. The minimum Gasteiger partial charge on any atom is -0.310 e. The van der Waals surface area contributed by atoms with E-state index in [0.717, 1.165) is 17.1 Å². The van der Waals surface area contributed by atoms with Gasteiger partial charge in [0.15, 0.2) is 0 Å². The molecule has 0 aliphatic heterocycles. The number of fused-ring (bicyclic) bond motifs is 6. The Bertz CT molecular complexity index is 2720. The molecule has 2 aliphatic carbocycles. The quantitative estimate of drug-likeness (QED) is 0.166. The van der Waals surface area contributed by atoms with Gasteiger partial charge in [0.2, 0.25) is 0 Å². The zero-order valence-electron chi connectivity index (χ0n) is 31.8. The molecule has 0 N–H and O–H groups in total. The lowest BCUT2D eigenvalue weighted by Gasteiger charge is -2.28. The van der Waals surface area contributed by atoms with Crippen molar-refractivity contribution in [1.29, 1.82) is 0 Å². The summed E-state index contributed by atoms with van der Waals surface area (Å²) in [5, 5.41) is 0. The summed E-state index contributed by atoms with van der Waals surface area (Å²) in [6, 6.07) is 69.4. The second kappa shape index (κ2) is 12.6. The maximum absolute atomic E-state index is 2.42. The van der Waals surface area contributed by atoms with Crippen molar-refractivity contribution in [1.82, 2.24) is 0 Å². The van der Waals surface area contributed by atoms with Crippen LogP contribution in [0.4, 0.5) is 17.1 Å². The molecule has 0 saturated carbocycles. The average molecular weight is 706 g/mol. The van der Waals surface area contributed by atoms with Gasteiger partial charge in [0, 0.05) is 27.9 Å². The van der Waals surface area contributed by atoms with Crippen molar-refractivity contribution in [3.8, 4) is 55.6 Å². The summed E-state index contributed by atoms with van der Waals surface area (Å²) in [7, 11) is 0. The van der Waals surface area contributed by atoms with Crippen LogP contribution < -0.4 is 4.90 Å². The van der Waals surface area contributed by atoms with E-state index in [-0.39, 0.29) is 10.8 Å². The van der Waals surface area contributed by atoms with Crippen LogP contribution in [-0.4, -0.2) is 0 Å². The van der Waals surface area contributed by atoms with Crippen LogP contribution in [0.5, 0.6) is 0 Å². The fourth-order valence-corrected chi connectivity index (χ4v) is 9.36. The Morgan fingerprint density at radius 2 is 0.764 bits per heavy atom. The van der Waals surface area contributed by atoms with Gasteiger partial charge in [-0.1, -0.05) is 173 Å². The highest BCUT2D eigenvalue weighted by Crippen LogP contribution is 2.54. The Labute approximate surface area is 325 Å². The van der Waals surface area contributed by atoms with Gasteiger partial charge in [-0.05, 0) is 120 Å². The minimum atomic E-state index is -0.0875. The van der Waals surface area contributed by atoms with E-state index in [1.54, 1.807) is 0 Å². The SMILES string of the molecule is CC1(C)c2ccccc2-c2ccc(N(c3ccc(-c4ccccc4)cc3)c3ccc(-c4ccc5c(c4)-c4c(-c6ccccc6)cccc4C5(C)C)cc3)cc21. The van der Waals surface area contributed by atoms with Gasteiger partial charge >= 0.3 is 0 Å². The lowest BCUT2D eigenvalue weighted by molar-refractivity contribution is 0.660. The van der Waals surface area contributed by atoms with Gasteiger partial charge in [0.1, 0.15) is 0 Å². The Morgan fingerprint density at radius 3 is 1.45 bits per heavy atom. The first-order chi connectivity index (χ1) is 26.8. The largest absolute Gasteiger partial charge is 0.310 e. The van der Waals surface area contributed by atoms with Crippen LogP contribution in [0.15, 0.2) is 188 Å². The van der Waals surface area contributed by atoms with Gasteiger partial charge in [-0.25, -0.2) is 0 Å². The van der Waals surface area contributed by atoms with Gasteiger partial charge in [0.05, 0.1) is 0 Å². The third-order valence-corrected chi connectivity index (χ3v) is 12.3. The van der Waals surface area contributed by atoms with E-state index in [1.807, 2.05) is 0 Å². The molecule has 8 aromatic rings. The average Bonchev–Trinajstić information content (AvgIpc) is 3.61. The van der Waals surface area contributed by atoms with Gasteiger partial charge in [-0.3, -0.25) is 0 Å². The number of nitrogens with zero attached hydrogens (tertiary/aromatic N) is 1. The molecule has 0 amide bonds. The van der Waals surface area contributed by atoms with Crippen molar-refractivity contribution in [2.45, 2.75) is 38.5 Å². The number of hydrogen-bond acceptors (Lipinski definition) is 1. The molecule has 0 heterocycles. The molecule has 0 bridgehead atoms. The minimum absolute atomic E-state index is 0.0692. The van der Waals surface area contributed by atoms with Crippen LogP contribution in [-0.2, 0) is 10.8 Å². The zero-order chi connectivity index (χ0) is 37.3. The highest BCUT2D eigenvalue weighted by molar-refractivity contribution is 5.94. The standard InChI is InChI=1S/C54H43N/c1-53(2)49-33-26-40(34-47(49)52-44(19-13-21-50(52)53)39-16-9-6-10-17-39)38-24-29-42(30-25-38)55(41-27-22-37(23-28-41)36-14-7-5-8-15-36)43-31-32-46-45-18-11-12-20-48(45)54(3,4)51(46)35-43/h5-35H,1-4H3. The van der Waals surface area contributed by atoms with E-state index in [0.29, 0.717) is 0 Å². The van der Waals surface area contributed by atoms with Gasteiger partial charge in [-0.2, -0.15) is 0 Å². The fourth-order valence-electron chi connectivity index (χ4n) is 9.36. The summed E-state index contributed by atoms with van der Waals surface area (Å²) in [6.45, 7) is 9.43. The lowest BCUT2D eigenvalue weighted by Crippen LogP contribution is -2.16. The molecule has 0 radical (unpaired) electrons. The van der Waals surface area contributed by atoms with Crippen LogP contribution in [0, 0.1) is 0 Å². The fraction of sp³-hybridized carbons (Fsp3) is 0.111. The molecule has 0 aromatic heterocycles. The molecule has 0 fully saturated rings. The molecule has 0 spiro atoms. The summed E-state index contributed by atoms with van der Waals surface area (Å²) in [4.78, 5) is 2.41. The van der Waals surface area contributed by atoms with E-state index < -0.39 is 0 Å². The first-order valence-electron chi connectivity index (χ1n) is 19.4. The molecule has 264 valence electrons. The van der Waals surface area contributed by atoms with E-state index >= 15 is 0 Å². The third kappa shape index (κ3) is 5.29. The Balaban J connectivity index is 1.06. The summed E-state index contributed by atoms with van der Waals surface area (Å²) < 4.78 is 0. The van der Waals surface area contributed by atoms with Gasteiger partial charge < -0.3 is 4.90 Å². The molecule has 0 saturated heterocycles. The summed E-state index contributed by atoms with van der Waals surface area (Å²) in [5.74, 6) is 0. The first-order valence-corrected chi connectivity index (χ1v) is 19.4.